The van der Waals surface area contributed by atoms with Crippen LogP contribution in [-0.4, -0.2) is 11.9 Å². The zero-order valence-electron chi connectivity index (χ0n) is 16.8. The van der Waals surface area contributed by atoms with Gasteiger partial charge in [-0.25, -0.2) is 0 Å². The van der Waals surface area contributed by atoms with Crippen molar-refractivity contribution < 1.29 is 19.1 Å². The van der Waals surface area contributed by atoms with Crippen molar-refractivity contribution in [1.82, 2.24) is 0 Å². The predicted octanol–water partition coefficient (Wildman–Crippen LogP) is 4.36. The Morgan fingerprint density at radius 3 is 2.16 bits per heavy atom. The van der Waals surface area contributed by atoms with Crippen molar-refractivity contribution in [3.05, 3.63) is 64.7 Å². The molecule has 0 amide bonds. The molecule has 0 N–H and O–H groups in total. The van der Waals surface area contributed by atoms with Crippen LogP contribution < -0.4 is 4.74 Å². The van der Waals surface area contributed by atoms with E-state index in [0.717, 1.165) is 0 Å². The van der Waals surface area contributed by atoms with E-state index in [1.165, 1.54) is 24.3 Å². The van der Waals surface area contributed by atoms with Gasteiger partial charge in [0.1, 0.15) is 5.75 Å². The summed E-state index contributed by atoms with van der Waals surface area (Å²) in [5.41, 5.74) is 0.695. The minimum atomic E-state index is -3.20. The second-order valence-corrected chi connectivity index (χ2v) is 4.23. The van der Waals surface area contributed by atoms with E-state index in [-0.39, 0.29) is 17.1 Å². The van der Waals surface area contributed by atoms with E-state index in [2.05, 4.69) is 0 Å². The van der Waals surface area contributed by atoms with Gasteiger partial charge in [0.15, 0.2) is 5.78 Å². The first-order chi connectivity index (χ1) is 11.8. The summed E-state index contributed by atoms with van der Waals surface area (Å²) in [6, 6.07) is 11.5. The molecule has 2 rings (SSSR count). The third-order valence-corrected chi connectivity index (χ3v) is 2.69. The summed E-state index contributed by atoms with van der Waals surface area (Å²) in [7, 11) is 0. The summed E-state index contributed by atoms with van der Waals surface area (Å²) in [4.78, 5) is 12.4. The van der Waals surface area contributed by atoms with E-state index in [4.69, 9.17) is 25.9 Å². The van der Waals surface area contributed by atoms with E-state index in [0.29, 0.717) is 10.6 Å². The normalized spacial score (nSPS) is 17.8. The van der Waals surface area contributed by atoms with E-state index in [9.17, 15) is 4.79 Å². The minimum Gasteiger partial charge on any atom is -0.491 e. The van der Waals surface area contributed by atoms with Crippen LogP contribution in [0.5, 0.6) is 5.75 Å². The van der Waals surface area contributed by atoms with Crippen LogP contribution in [-0.2, 0) is 0 Å². The van der Waals surface area contributed by atoms with Gasteiger partial charge in [-0.15, -0.1) is 0 Å². The van der Waals surface area contributed by atoms with Crippen molar-refractivity contribution in [3.8, 4) is 5.75 Å². The number of rotatable bonds is 4. The van der Waals surface area contributed by atoms with Crippen LogP contribution in [0.1, 0.15) is 39.2 Å². The molecule has 0 saturated carbocycles. The summed E-state index contributed by atoms with van der Waals surface area (Å²) in [5.74, 6) is -0.433. The van der Waals surface area contributed by atoms with Crippen molar-refractivity contribution in [1.29, 1.82) is 0 Å². The zero-order valence-corrected chi connectivity index (χ0v) is 10.6. The third kappa shape index (κ3) is 3.58. The summed E-state index contributed by atoms with van der Waals surface area (Å²) in [6.45, 7) is -6.40. The molecule has 0 aromatic heterocycles. The van der Waals surface area contributed by atoms with Gasteiger partial charge in [0.25, 0.3) is 0 Å². The van der Waals surface area contributed by atoms with Crippen LogP contribution in [0.15, 0.2) is 48.5 Å². The first-order valence-corrected chi connectivity index (χ1v) is 5.82. The molecule has 0 unspecified atom stereocenters. The topological polar surface area (TPSA) is 26.3 Å². The molecule has 19 heavy (non-hydrogen) atoms. The summed E-state index contributed by atoms with van der Waals surface area (Å²) < 4.78 is 56.8. The lowest BCUT2D eigenvalue weighted by Crippen LogP contribution is -2.06. The molecular formula is C16H15ClO2. The quantitative estimate of drug-likeness (QED) is 0.779. The van der Waals surface area contributed by atoms with E-state index < -0.39 is 19.8 Å². The number of halogens is 1. The molecule has 2 nitrogen and oxygen atoms in total. The molecule has 2 aromatic carbocycles. The highest BCUT2D eigenvalue weighted by molar-refractivity contribution is 6.30. The average Bonchev–Trinajstić information content (AvgIpc) is 2.53. The highest BCUT2D eigenvalue weighted by Gasteiger charge is 2.09. The Bertz CT molecular complexity index is 766. The first-order valence-electron chi connectivity index (χ1n) is 8.94. The standard InChI is InChI=1S/C16H15ClO2/c1-11(2)19-15-9-5-13(6-10-15)16(18)12-3-7-14(17)8-4-12/h3-11H,1-2H3/i1D3,2D3,11D. The molecule has 0 atom stereocenters. The molecule has 3 heteroatoms. The van der Waals surface area contributed by atoms with Crippen molar-refractivity contribution in [2.45, 2.75) is 19.8 Å². The molecular weight excluding hydrogens is 260 g/mol. The van der Waals surface area contributed by atoms with Gasteiger partial charge >= 0.3 is 0 Å². The Labute approximate surface area is 127 Å². The van der Waals surface area contributed by atoms with Crippen molar-refractivity contribution in [2.24, 2.45) is 0 Å². The van der Waals surface area contributed by atoms with Crippen LogP contribution in [0, 0.1) is 0 Å². The van der Waals surface area contributed by atoms with Gasteiger partial charge in [-0.3, -0.25) is 4.79 Å². The Morgan fingerprint density at radius 2 is 1.63 bits per heavy atom. The molecule has 0 aliphatic carbocycles. The average molecular weight is 282 g/mol. The molecule has 0 bridgehead atoms. The van der Waals surface area contributed by atoms with Crippen molar-refractivity contribution in [2.75, 3.05) is 0 Å². The molecule has 0 aliphatic rings. The van der Waals surface area contributed by atoms with Crippen LogP contribution in [0.4, 0.5) is 0 Å². The molecule has 0 heterocycles. The summed E-state index contributed by atoms with van der Waals surface area (Å²) >= 11 is 5.78. The number of carbonyl (C=O) groups excluding carboxylic acids is 1. The molecule has 0 fully saturated rings. The molecule has 0 saturated heterocycles. The number of ether oxygens (including phenoxy) is 1. The molecule has 0 spiro atoms. The first kappa shape index (κ1) is 7.11. The SMILES string of the molecule is [2H]C([2H])([2H])C([2H])(Oc1ccc(C(=O)c2ccc(Cl)cc2)cc1)C([2H])([2H])[2H]. The fraction of sp³-hybridized carbons (Fsp3) is 0.188. The van der Waals surface area contributed by atoms with Crippen LogP contribution in [0.2, 0.25) is 5.02 Å². The number of hydrogen-bond acceptors (Lipinski definition) is 2. The lowest BCUT2D eigenvalue weighted by Gasteiger charge is -2.09. The third-order valence-electron chi connectivity index (χ3n) is 2.44. The molecule has 98 valence electrons. The second kappa shape index (κ2) is 5.89. The number of hydrogen-bond donors (Lipinski definition) is 0. The van der Waals surface area contributed by atoms with Gasteiger partial charge in [-0.1, -0.05) is 11.6 Å². The smallest absolute Gasteiger partial charge is 0.193 e. The summed E-state index contributed by atoms with van der Waals surface area (Å²) in [5, 5.41) is 0.492. The maximum Gasteiger partial charge on any atom is 0.193 e. The number of ketones is 1. The zero-order chi connectivity index (χ0) is 19.8. The molecule has 2 aromatic rings. The Hall–Kier alpha value is -1.80. The van der Waals surface area contributed by atoms with Gasteiger partial charge in [0.2, 0.25) is 0 Å². The van der Waals surface area contributed by atoms with E-state index in [1.54, 1.807) is 24.3 Å². The highest BCUT2D eigenvalue weighted by atomic mass is 35.5. The Balaban J connectivity index is 2.26. The van der Waals surface area contributed by atoms with Gasteiger partial charge in [-0.2, -0.15) is 0 Å². The van der Waals surface area contributed by atoms with E-state index >= 15 is 0 Å². The highest BCUT2D eigenvalue weighted by Crippen LogP contribution is 2.17. The second-order valence-electron chi connectivity index (χ2n) is 3.79. The van der Waals surface area contributed by atoms with E-state index in [1.807, 2.05) is 0 Å². The Kier molecular flexibility index (Phi) is 2.20. The lowest BCUT2D eigenvalue weighted by molar-refractivity contribution is 0.103. The lowest BCUT2D eigenvalue weighted by atomic mass is 10.0. The van der Waals surface area contributed by atoms with Gasteiger partial charge in [0, 0.05) is 24.4 Å². The minimum absolute atomic E-state index is 0.139. The number of carbonyl (C=O) groups is 1. The van der Waals surface area contributed by atoms with Gasteiger partial charge in [-0.05, 0) is 62.2 Å². The fourth-order valence-corrected chi connectivity index (χ4v) is 1.69. The predicted molar refractivity (Wildman–Crippen MR) is 77.1 cm³/mol. The van der Waals surface area contributed by atoms with Crippen LogP contribution >= 0.6 is 11.6 Å². The van der Waals surface area contributed by atoms with Gasteiger partial charge < -0.3 is 4.74 Å². The van der Waals surface area contributed by atoms with Gasteiger partial charge in [0.05, 0.1) is 7.45 Å². The molecule has 0 radical (unpaired) electrons. The van der Waals surface area contributed by atoms with Crippen molar-refractivity contribution in [3.63, 3.8) is 0 Å². The number of benzene rings is 2. The molecule has 0 aliphatic heterocycles. The Morgan fingerprint density at radius 1 is 1.11 bits per heavy atom. The fourth-order valence-electron chi connectivity index (χ4n) is 1.56. The van der Waals surface area contributed by atoms with Crippen molar-refractivity contribution >= 4 is 17.4 Å². The maximum atomic E-state index is 12.4. The van der Waals surface area contributed by atoms with Crippen LogP contribution in [0.3, 0.4) is 0 Å². The maximum absolute atomic E-state index is 12.4. The van der Waals surface area contributed by atoms with Crippen LogP contribution in [0.25, 0.3) is 0 Å². The monoisotopic (exact) mass is 281 g/mol. The largest absolute Gasteiger partial charge is 0.491 e. The summed E-state index contributed by atoms with van der Waals surface area (Å²) in [6.07, 6.45) is -3.12.